The zero-order chi connectivity index (χ0) is 28.4. The van der Waals surface area contributed by atoms with Gasteiger partial charge in [0.05, 0.1) is 21.5 Å². The predicted molar refractivity (Wildman–Crippen MR) is 136 cm³/mol. The average Bonchev–Trinajstić information content (AvgIpc) is 3.29. The largest absolute Gasteiger partial charge is 0.416 e. The van der Waals surface area contributed by atoms with E-state index in [1.54, 1.807) is 18.2 Å². The molecule has 4 aromatic rings. The van der Waals surface area contributed by atoms with E-state index in [0.29, 0.717) is 33.5 Å². The highest BCUT2D eigenvalue weighted by Gasteiger charge is 2.30. The maximum atomic E-state index is 13.2. The molecule has 0 fully saturated rings. The summed E-state index contributed by atoms with van der Waals surface area (Å²) in [6.45, 7) is -0.391. The number of primary sulfonamides is 1. The number of rotatable bonds is 7. The third-order valence-electron chi connectivity index (χ3n) is 5.21. The Kier molecular flexibility index (Phi) is 7.85. The van der Waals surface area contributed by atoms with Gasteiger partial charge in [-0.05, 0) is 54.1 Å². The molecule has 0 aliphatic carbocycles. The number of nitrogens with zero attached hydrogens (tertiary/aromatic N) is 3. The highest BCUT2D eigenvalue weighted by molar-refractivity contribution is 7.89. The number of nitrogens with two attached hydrogens (primary N) is 1. The van der Waals surface area contributed by atoms with Gasteiger partial charge in [-0.1, -0.05) is 6.07 Å². The Morgan fingerprint density at radius 3 is 2.33 bits per heavy atom. The van der Waals surface area contributed by atoms with Crippen molar-refractivity contribution in [2.24, 2.45) is 10.1 Å². The van der Waals surface area contributed by atoms with Crippen LogP contribution in [0.15, 0.2) is 65.8 Å². The van der Waals surface area contributed by atoms with Crippen molar-refractivity contribution in [1.82, 2.24) is 15.3 Å². The van der Waals surface area contributed by atoms with Crippen LogP contribution in [-0.4, -0.2) is 48.2 Å². The first-order chi connectivity index (χ1) is 18.3. The van der Waals surface area contributed by atoms with Crippen LogP contribution in [0.3, 0.4) is 0 Å². The molecule has 2 amide bonds. The summed E-state index contributed by atoms with van der Waals surface area (Å²) in [4.78, 5) is 37.5. The van der Waals surface area contributed by atoms with Crippen molar-refractivity contribution in [3.8, 4) is 11.1 Å². The van der Waals surface area contributed by atoms with Gasteiger partial charge < -0.3 is 5.32 Å². The van der Waals surface area contributed by atoms with Crippen LogP contribution in [0.1, 0.15) is 20.9 Å². The standard InChI is InChI=1S/C24H17F4N5O4S2/c25-19-8-4-15(12-31-19)14-3-7-17-18(11-14)38-23(32-17)20(22(35)30-9-10-39(29,36)37)33-21(34)13-1-5-16(6-2-13)24(26,27)28/h1-8,11-12H,9-10H2,(H,30,35)(H2,29,36,37). The third kappa shape index (κ3) is 7.07. The van der Waals surface area contributed by atoms with Crippen molar-refractivity contribution in [1.29, 1.82) is 0 Å². The number of aromatic nitrogens is 2. The van der Waals surface area contributed by atoms with Gasteiger partial charge in [0.1, 0.15) is 5.01 Å². The number of benzene rings is 2. The monoisotopic (exact) mass is 579 g/mol. The molecule has 2 aromatic carbocycles. The number of carbonyl (C=O) groups is 2. The molecule has 202 valence electrons. The molecule has 39 heavy (non-hydrogen) atoms. The predicted octanol–water partition coefficient (Wildman–Crippen LogP) is 3.55. The van der Waals surface area contributed by atoms with Crippen molar-refractivity contribution in [2.45, 2.75) is 6.18 Å². The van der Waals surface area contributed by atoms with Gasteiger partial charge in [-0.2, -0.15) is 17.6 Å². The third-order valence-corrected chi connectivity index (χ3v) is 7.01. The molecule has 0 aliphatic rings. The zero-order valence-corrected chi connectivity index (χ0v) is 21.2. The number of halogens is 4. The van der Waals surface area contributed by atoms with E-state index in [1.807, 2.05) is 0 Å². The van der Waals surface area contributed by atoms with Crippen molar-refractivity contribution >= 4 is 49.1 Å². The average molecular weight is 580 g/mol. The SMILES string of the molecule is NS(=O)(=O)CCNC(=O)C(=NC(=O)c1ccc(C(F)(F)F)cc1)c1nc2ccc(-c3ccc(F)nc3)cc2s1. The quantitative estimate of drug-likeness (QED) is 0.195. The molecule has 0 atom stereocenters. The Morgan fingerprint density at radius 1 is 1.03 bits per heavy atom. The van der Waals surface area contributed by atoms with Crippen LogP contribution < -0.4 is 10.5 Å². The lowest BCUT2D eigenvalue weighted by atomic mass is 10.1. The number of alkyl halides is 3. The smallest absolute Gasteiger partial charge is 0.350 e. The van der Waals surface area contributed by atoms with Crippen molar-refractivity contribution in [3.63, 3.8) is 0 Å². The maximum Gasteiger partial charge on any atom is 0.416 e. The molecule has 0 unspecified atom stereocenters. The highest BCUT2D eigenvalue weighted by atomic mass is 32.2. The second-order valence-corrected chi connectivity index (χ2v) is 10.8. The Bertz CT molecular complexity index is 1680. The van der Waals surface area contributed by atoms with E-state index >= 15 is 0 Å². The molecule has 2 aromatic heterocycles. The summed E-state index contributed by atoms with van der Waals surface area (Å²) in [6, 6.07) is 11.0. The molecule has 0 saturated carbocycles. The summed E-state index contributed by atoms with van der Waals surface area (Å²) in [6.07, 6.45) is -3.27. The molecular weight excluding hydrogens is 562 g/mol. The molecule has 3 N–H and O–H groups in total. The number of hydrogen-bond acceptors (Lipinski definition) is 7. The van der Waals surface area contributed by atoms with Crippen LogP contribution in [-0.2, 0) is 21.0 Å². The molecule has 15 heteroatoms. The lowest BCUT2D eigenvalue weighted by Crippen LogP contribution is -2.36. The minimum absolute atomic E-state index is 0.00671. The normalized spacial score (nSPS) is 12.5. The van der Waals surface area contributed by atoms with Crippen molar-refractivity contribution in [2.75, 3.05) is 12.3 Å². The van der Waals surface area contributed by atoms with Gasteiger partial charge >= 0.3 is 6.18 Å². The van der Waals surface area contributed by atoms with Gasteiger partial charge in [-0.15, -0.1) is 11.3 Å². The molecule has 9 nitrogen and oxygen atoms in total. The van der Waals surface area contributed by atoms with Crippen LogP contribution in [0.5, 0.6) is 0 Å². The Balaban J connectivity index is 1.70. The first-order valence-corrected chi connectivity index (χ1v) is 13.5. The zero-order valence-electron chi connectivity index (χ0n) is 19.6. The van der Waals surface area contributed by atoms with Crippen LogP contribution in [0.2, 0.25) is 0 Å². The molecule has 0 aliphatic heterocycles. The van der Waals surface area contributed by atoms with Gasteiger partial charge in [0.2, 0.25) is 16.0 Å². The van der Waals surface area contributed by atoms with Crippen molar-refractivity contribution < 1.29 is 35.6 Å². The van der Waals surface area contributed by atoms with Crippen LogP contribution in [0.25, 0.3) is 21.3 Å². The van der Waals surface area contributed by atoms with Gasteiger partial charge in [0.15, 0.2) is 5.71 Å². The number of hydrogen-bond donors (Lipinski definition) is 2. The van der Waals surface area contributed by atoms with E-state index in [-0.39, 0.29) is 10.6 Å². The maximum absolute atomic E-state index is 13.2. The number of fused-ring (bicyclic) bond motifs is 1. The van der Waals surface area contributed by atoms with Gasteiger partial charge in [-0.25, -0.2) is 28.5 Å². The summed E-state index contributed by atoms with van der Waals surface area (Å²) in [7, 11) is -3.90. The number of amides is 2. The van der Waals surface area contributed by atoms with Crippen LogP contribution in [0.4, 0.5) is 17.6 Å². The summed E-state index contributed by atoms with van der Waals surface area (Å²) in [5.74, 6) is -3.20. The molecule has 0 saturated heterocycles. The first-order valence-electron chi connectivity index (χ1n) is 10.9. The Hall–Kier alpha value is -4.08. The topological polar surface area (TPSA) is 144 Å². The molecule has 0 radical (unpaired) electrons. The summed E-state index contributed by atoms with van der Waals surface area (Å²) >= 11 is 0.987. The van der Waals surface area contributed by atoms with E-state index in [0.717, 1.165) is 23.5 Å². The second-order valence-electron chi connectivity index (χ2n) is 8.03. The number of sulfonamides is 1. The highest BCUT2D eigenvalue weighted by Crippen LogP contribution is 2.30. The number of carbonyl (C=O) groups excluding carboxylic acids is 2. The number of pyridine rings is 1. The first kappa shape index (κ1) is 27.9. The van der Waals surface area contributed by atoms with Crippen LogP contribution in [0, 0.1) is 5.95 Å². The lowest BCUT2D eigenvalue weighted by molar-refractivity contribution is -0.137. The van der Waals surface area contributed by atoms with E-state index < -0.39 is 57.5 Å². The van der Waals surface area contributed by atoms with Crippen molar-refractivity contribution in [3.05, 3.63) is 82.9 Å². The number of nitrogens with one attached hydrogen (secondary N) is 1. The van der Waals surface area contributed by atoms with E-state index in [4.69, 9.17) is 5.14 Å². The fraction of sp³-hybridized carbons (Fsp3) is 0.125. The molecular formula is C24H17F4N5O4S2. The summed E-state index contributed by atoms with van der Waals surface area (Å²) < 4.78 is 74.8. The fourth-order valence-corrected chi connectivity index (χ4v) is 4.68. The Labute approximate surface area is 222 Å². The molecule has 0 spiro atoms. The van der Waals surface area contributed by atoms with E-state index in [9.17, 15) is 35.6 Å². The second kappa shape index (κ2) is 11.0. The van der Waals surface area contributed by atoms with Gasteiger partial charge in [-0.3, -0.25) is 9.59 Å². The summed E-state index contributed by atoms with van der Waals surface area (Å²) in [5, 5.41) is 7.25. The van der Waals surface area contributed by atoms with Gasteiger partial charge in [0, 0.05) is 23.9 Å². The lowest BCUT2D eigenvalue weighted by Gasteiger charge is -2.07. The fourth-order valence-electron chi connectivity index (χ4n) is 3.31. The Morgan fingerprint density at radius 2 is 1.72 bits per heavy atom. The van der Waals surface area contributed by atoms with Crippen LogP contribution >= 0.6 is 11.3 Å². The summed E-state index contributed by atoms with van der Waals surface area (Å²) in [5.41, 5.74) is 0.0520. The molecule has 0 bridgehead atoms. The molecule has 2 heterocycles. The number of thiazole rings is 1. The minimum Gasteiger partial charge on any atom is -0.350 e. The molecule has 4 rings (SSSR count). The van der Waals surface area contributed by atoms with Gasteiger partial charge in [0.25, 0.3) is 11.8 Å². The number of aliphatic imine (C=N–C) groups is 1. The van der Waals surface area contributed by atoms with E-state index in [2.05, 4.69) is 20.3 Å². The van der Waals surface area contributed by atoms with E-state index in [1.165, 1.54) is 18.3 Å². The minimum atomic E-state index is -4.61.